The number of hydrogen-bond acceptors (Lipinski definition) is 3. The van der Waals surface area contributed by atoms with E-state index in [1.54, 1.807) is 11.3 Å². The first-order chi connectivity index (χ1) is 9.42. The second-order valence-electron chi connectivity index (χ2n) is 5.02. The molecule has 0 spiro atoms. The fraction of sp³-hybridized carbons (Fsp3) is 0.267. The molecule has 3 nitrogen and oxygen atoms in total. The third-order valence-corrected chi connectivity index (χ3v) is 4.71. The molecule has 2 aromatic heterocycles. The molecule has 96 valence electrons. The lowest BCUT2D eigenvalue weighted by Gasteiger charge is -2.02. The van der Waals surface area contributed by atoms with Gasteiger partial charge in [0.15, 0.2) is 0 Å². The highest BCUT2D eigenvalue weighted by Crippen LogP contribution is 2.33. The van der Waals surface area contributed by atoms with Crippen LogP contribution in [-0.4, -0.2) is 23.1 Å². The molecule has 1 aromatic carbocycles. The molecule has 0 bridgehead atoms. The molecule has 1 saturated heterocycles. The van der Waals surface area contributed by atoms with Crippen LogP contribution in [0.2, 0.25) is 0 Å². The molecule has 3 heterocycles. The molecule has 3 aromatic rings. The first-order valence-corrected chi connectivity index (χ1v) is 7.52. The summed E-state index contributed by atoms with van der Waals surface area (Å²) in [4.78, 5) is 8.16. The average Bonchev–Trinajstić information content (AvgIpc) is 3.18. The van der Waals surface area contributed by atoms with E-state index in [1.807, 2.05) is 0 Å². The summed E-state index contributed by atoms with van der Waals surface area (Å²) in [6.07, 6.45) is 3.28. The summed E-state index contributed by atoms with van der Waals surface area (Å²) >= 11 is 1.75. The zero-order valence-electron chi connectivity index (χ0n) is 10.5. The van der Waals surface area contributed by atoms with Gasteiger partial charge < -0.3 is 10.3 Å². The SMILES string of the molecule is c1ccc2c(-c3nc(C4CCNC4)cs3)c[nH]c2c1. The Labute approximate surface area is 115 Å². The lowest BCUT2D eigenvalue weighted by atomic mass is 10.1. The molecule has 1 atom stereocenters. The third kappa shape index (κ3) is 1.88. The molecule has 0 amide bonds. The molecule has 2 N–H and O–H groups in total. The number of H-pyrrole nitrogens is 1. The summed E-state index contributed by atoms with van der Waals surface area (Å²) in [5.74, 6) is 0.593. The summed E-state index contributed by atoms with van der Waals surface area (Å²) in [5, 5.41) is 8.00. The van der Waals surface area contributed by atoms with Crippen molar-refractivity contribution in [3.05, 3.63) is 41.5 Å². The van der Waals surface area contributed by atoms with Gasteiger partial charge in [-0.15, -0.1) is 11.3 Å². The molecule has 19 heavy (non-hydrogen) atoms. The second-order valence-corrected chi connectivity index (χ2v) is 5.87. The van der Waals surface area contributed by atoms with Crippen LogP contribution in [-0.2, 0) is 0 Å². The van der Waals surface area contributed by atoms with Crippen LogP contribution < -0.4 is 5.32 Å². The molecule has 1 aliphatic rings. The molecule has 1 aliphatic heterocycles. The third-order valence-electron chi connectivity index (χ3n) is 3.82. The molecular formula is C15H15N3S. The van der Waals surface area contributed by atoms with E-state index >= 15 is 0 Å². The zero-order chi connectivity index (χ0) is 12.7. The van der Waals surface area contributed by atoms with Gasteiger partial charge in [0.05, 0.1) is 5.69 Å². The maximum atomic E-state index is 4.84. The van der Waals surface area contributed by atoms with Crippen molar-refractivity contribution >= 4 is 22.2 Å². The molecule has 1 unspecified atom stereocenters. The Kier molecular flexibility index (Phi) is 2.64. The van der Waals surface area contributed by atoms with Crippen LogP contribution >= 0.6 is 11.3 Å². The Bertz CT molecular complexity index is 707. The average molecular weight is 269 g/mol. The first kappa shape index (κ1) is 11.2. The minimum absolute atomic E-state index is 0.593. The van der Waals surface area contributed by atoms with Crippen molar-refractivity contribution in [2.45, 2.75) is 12.3 Å². The number of nitrogens with zero attached hydrogens (tertiary/aromatic N) is 1. The fourth-order valence-corrected chi connectivity index (χ4v) is 3.68. The van der Waals surface area contributed by atoms with Crippen LogP contribution in [0.25, 0.3) is 21.5 Å². The summed E-state index contributed by atoms with van der Waals surface area (Å²) in [6, 6.07) is 8.39. The number of aromatic nitrogens is 2. The van der Waals surface area contributed by atoms with E-state index in [2.05, 4.69) is 46.1 Å². The number of para-hydroxylation sites is 1. The van der Waals surface area contributed by atoms with Crippen LogP contribution in [0.3, 0.4) is 0 Å². The van der Waals surface area contributed by atoms with Crippen LogP contribution in [0.15, 0.2) is 35.8 Å². The Hall–Kier alpha value is -1.65. The van der Waals surface area contributed by atoms with Crippen molar-refractivity contribution < 1.29 is 0 Å². The van der Waals surface area contributed by atoms with Gasteiger partial charge in [-0.3, -0.25) is 0 Å². The topological polar surface area (TPSA) is 40.7 Å². The van der Waals surface area contributed by atoms with Crippen molar-refractivity contribution in [2.24, 2.45) is 0 Å². The largest absolute Gasteiger partial charge is 0.360 e. The molecule has 1 fully saturated rings. The number of aromatic amines is 1. The number of thiazole rings is 1. The van der Waals surface area contributed by atoms with Gasteiger partial charge in [0.1, 0.15) is 5.01 Å². The molecule has 0 aliphatic carbocycles. The van der Waals surface area contributed by atoms with E-state index < -0.39 is 0 Å². The van der Waals surface area contributed by atoms with E-state index in [4.69, 9.17) is 4.98 Å². The molecular weight excluding hydrogens is 254 g/mol. The number of nitrogens with one attached hydrogen (secondary N) is 2. The van der Waals surface area contributed by atoms with Gasteiger partial charge in [-0.05, 0) is 19.0 Å². The van der Waals surface area contributed by atoms with E-state index in [0.717, 1.165) is 18.1 Å². The number of rotatable bonds is 2. The Morgan fingerprint density at radius 2 is 2.21 bits per heavy atom. The summed E-state index contributed by atoms with van der Waals surface area (Å²) in [5.41, 5.74) is 3.64. The monoisotopic (exact) mass is 269 g/mol. The van der Waals surface area contributed by atoms with E-state index in [9.17, 15) is 0 Å². The van der Waals surface area contributed by atoms with Crippen molar-refractivity contribution in [2.75, 3.05) is 13.1 Å². The van der Waals surface area contributed by atoms with Crippen LogP contribution in [0.4, 0.5) is 0 Å². The van der Waals surface area contributed by atoms with E-state index in [1.165, 1.54) is 28.6 Å². The normalized spacial score (nSPS) is 19.3. The Balaban J connectivity index is 1.76. The quantitative estimate of drug-likeness (QED) is 0.749. The number of hydrogen-bond donors (Lipinski definition) is 2. The minimum Gasteiger partial charge on any atom is -0.360 e. The Morgan fingerprint density at radius 3 is 3.11 bits per heavy atom. The lowest BCUT2D eigenvalue weighted by Crippen LogP contribution is -2.08. The molecule has 4 heteroatoms. The zero-order valence-corrected chi connectivity index (χ0v) is 11.3. The van der Waals surface area contributed by atoms with Crippen LogP contribution in [0.5, 0.6) is 0 Å². The predicted octanol–water partition coefficient (Wildman–Crippen LogP) is 3.37. The van der Waals surface area contributed by atoms with Crippen molar-refractivity contribution in [1.29, 1.82) is 0 Å². The maximum Gasteiger partial charge on any atom is 0.125 e. The van der Waals surface area contributed by atoms with Crippen LogP contribution in [0, 0.1) is 0 Å². The highest BCUT2D eigenvalue weighted by Gasteiger charge is 2.20. The van der Waals surface area contributed by atoms with Crippen molar-refractivity contribution in [3.63, 3.8) is 0 Å². The molecule has 0 saturated carbocycles. The van der Waals surface area contributed by atoms with Gasteiger partial charge in [0, 0.05) is 40.5 Å². The molecule has 0 radical (unpaired) electrons. The molecule has 4 rings (SSSR count). The minimum atomic E-state index is 0.593. The highest BCUT2D eigenvalue weighted by molar-refractivity contribution is 7.13. The summed E-state index contributed by atoms with van der Waals surface area (Å²) < 4.78 is 0. The van der Waals surface area contributed by atoms with E-state index in [0.29, 0.717) is 5.92 Å². The van der Waals surface area contributed by atoms with Crippen molar-refractivity contribution in [1.82, 2.24) is 15.3 Å². The predicted molar refractivity (Wildman–Crippen MR) is 79.6 cm³/mol. The summed E-state index contributed by atoms with van der Waals surface area (Å²) in [7, 11) is 0. The van der Waals surface area contributed by atoms with Gasteiger partial charge >= 0.3 is 0 Å². The smallest absolute Gasteiger partial charge is 0.125 e. The Morgan fingerprint density at radius 1 is 1.26 bits per heavy atom. The van der Waals surface area contributed by atoms with Gasteiger partial charge in [-0.2, -0.15) is 0 Å². The van der Waals surface area contributed by atoms with Gasteiger partial charge in [0.25, 0.3) is 0 Å². The standard InChI is InChI=1S/C15H15N3S/c1-2-4-13-11(3-1)12(8-17-13)15-18-14(9-19-15)10-5-6-16-7-10/h1-4,8-10,16-17H,5-7H2. The van der Waals surface area contributed by atoms with E-state index in [-0.39, 0.29) is 0 Å². The summed E-state index contributed by atoms with van der Waals surface area (Å²) in [6.45, 7) is 2.18. The highest BCUT2D eigenvalue weighted by atomic mass is 32.1. The lowest BCUT2D eigenvalue weighted by molar-refractivity contribution is 0.742. The van der Waals surface area contributed by atoms with Gasteiger partial charge in [-0.25, -0.2) is 4.98 Å². The maximum absolute atomic E-state index is 4.84. The number of fused-ring (bicyclic) bond motifs is 1. The van der Waals surface area contributed by atoms with Crippen molar-refractivity contribution in [3.8, 4) is 10.6 Å². The van der Waals surface area contributed by atoms with Gasteiger partial charge in [0.2, 0.25) is 0 Å². The second kappa shape index (κ2) is 4.47. The first-order valence-electron chi connectivity index (χ1n) is 6.64. The van der Waals surface area contributed by atoms with Gasteiger partial charge in [-0.1, -0.05) is 18.2 Å². The number of benzene rings is 1. The fourth-order valence-electron chi connectivity index (χ4n) is 2.75. The van der Waals surface area contributed by atoms with Crippen LogP contribution in [0.1, 0.15) is 18.0 Å².